The van der Waals surface area contributed by atoms with Gasteiger partial charge in [0.15, 0.2) is 0 Å². The SMILES string of the molecule is C=C(C)C(=O)Oc1cc(S(=O)(=O)NCC)cc2ccccc12. The van der Waals surface area contributed by atoms with Crippen LogP contribution in [0.1, 0.15) is 13.8 Å². The number of ether oxygens (including phenoxy) is 1. The van der Waals surface area contributed by atoms with Crippen LogP contribution in [0.25, 0.3) is 10.8 Å². The predicted molar refractivity (Wildman–Crippen MR) is 85.3 cm³/mol. The zero-order chi connectivity index (χ0) is 16.3. The Hall–Kier alpha value is -2.18. The van der Waals surface area contributed by atoms with Crippen molar-refractivity contribution in [2.24, 2.45) is 0 Å². The molecule has 0 aromatic heterocycles. The van der Waals surface area contributed by atoms with Gasteiger partial charge in [0.2, 0.25) is 10.0 Å². The highest BCUT2D eigenvalue weighted by Crippen LogP contribution is 2.30. The standard InChI is InChI=1S/C16H17NO4S/c1-4-17-22(19,20)13-9-12-7-5-6-8-14(12)15(10-13)21-16(18)11(2)3/h5-10,17H,2,4H2,1,3H3. The van der Waals surface area contributed by atoms with E-state index in [0.29, 0.717) is 10.8 Å². The van der Waals surface area contributed by atoms with E-state index in [9.17, 15) is 13.2 Å². The fraction of sp³-hybridized carbons (Fsp3) is 0.188. The molecule has 0 spiro atoms. The molecule has 116 valence electrons. The third-order valence-corrected chi connectivity index (χ3v) is 4.52. The summed E-state index contributed by atoms with van der Waals surface area (Å²) in [5.41, 5.74) is 0.240. The summed E-state index contributed by atoms with van der Waals surface area (Å²) in [4.78, 5) is 11.8. The van der Waals surface area contributed by atoms with Gasteiger partial charge >= 0.3 is 5.97 Å². The summed E-state index contributed by atoms with van der Waals surface area (Å²) in [6.45, 7) is 7.03. The maximum atomic E-state index is 12.2. The zero-order valence-corrected chi connectivity index (χ0v) is 13.2. The average molecular weight is 319 g/mol. The van der Waals surface area contributed by atoms with Crippen molar-refractivity contribution < 1.29 is 17.9 Å². The number of sulfonamides is 1. The van der Waals surface area contributed by atoms with E-state index in [2.05, 4.69) is 11.3 Å². The molecule has 0 bridgehead atoms. The highest BCUT2D eigenvalue weighted by molar-refractivity contribution is 7.89. The normalized spacial score (nSPS) is 11.4. The Labute approximate surface area is 129 Å². The maximum absolute atomic E-state index is 12.2. The van der Waals surface area contributed by atoms with Crippen molar-refractivity contribution in [3.63, 3.8) is 0 Å². The Bertz CT molecular complexity index is 840. The van der Waals surface area contributed by atoms with E-state index in [4.69, 9.17) is 4.74 Å². The molecule has 0 unspecified atom stereocenters. The van der Waals surface area contributed by atoms with Crippen LogP contribution in [0.3, 0.4) is 0 Å². The second kappa shape index (κ2) is 6.29. The molecule has 6 heteroatoms. The van der Waals surface area contributed by atoms with Gasteiger partial charge in [0.05, 0.1) is 4.90 Å². The molecule has 1 N–H and O–H groups in total. The van der Waals surface area contributed by atoms with Crippen molar-refractivity contribution in [1.82, 2.24) is 4.72 Å². The zero-order valence-electron chi connectivity index (χ0n) is 12.4. The van der Waals surface area contributed by atoms with Gasteiger partial charge < -0.3 is 4.74 Å². The van der Waals surface area contributed by atoms with Gasteiger partial charge in [-0.15, -0.1) is 0 Å². The lowest BCUT2D eigenvalue weighted by Crippen LogP contribution is -2.23. The van der Waals surface area contributed by atoms with E-state index in [1.165, 1.54) is 13.0 Å². The van der Waals surface area contributed by atoms with Gasteiger partial charge in [0.1, 0.15) is 5.75 Å². The molecule has 22 heavy (non-hydrogen) atoms. The molecule has 5 nitrogen and oxygen atoms in total. The van der Waals surface area contributed by atoms with Crippen LogP contribution in [0.5, 0.6) is 5.75 Å². The fourth-order valence-electron chi connectivity index (χ4n) is 1.95. The van der Waals surface area contributed by atoms with E-state index in [-0.39, 0.29) is 22.8 Å². The summed E-state index contributed by atoms with van der Waals surface area (Å²) in [6.07, 6.45) is 0. The average Bonchev–Trinajstić information content (AvgIpc) is 2.46. The number of fused-ring (bicyclic) bond motifs is 1. The van der Waals surface area contributed by atoms with Crippen LogP contribution in [0.15, 0.2) is 53.4 Å². The highest BCUT2D eigenvalue weighted by Gasteiger charge is 2.17. The molecule has 0 fully saturated rings. The van der Waals surface area contributed by atoms with E-state index in [1.807, 2.05) is 0 Å². The number of hydrogen-bond donors (Lipinski definition) is 1. The van der Waals surface area contributed by atoms with Gasteiger partial charge in [-0.2, -0.15) is 0 Å². The van der Waals surface area contributed by atoms with Crippen molar-refractivity contribution in [2.45, 2.75) is 18.7 Å². The molecule has 0 heterocycles. The van der Waals surface area contributed by atoms with E-state index >= 15 is 0 Å². The minimum absolute atomic E-state index is 0.0533. The number of hydrogen-bond acceptors (Lipinski definition) is 4. The van der Waals surface area contributed by atoms with E-state index in [1.54, 1.807) is 37.3 Å². The van der Waals surface area contributed by atoms with Crippen LogP contribution < -0.4 is 9.46 Å². The number of benzene rings is 2. The molecule has 2 aromatic carbocycles. The number of rotatable bonds is 5. The molecule has 0 saturated carbocycles. The molecular formula is C16H17NO4S. The molecule has 2 rings (SSSR count). The maximum Gasteiger partial charge on any atom is 0.338 e. The van der Waals surface area contributed by atoms with Gasteiger partial charge in [-0.1, -0.05) is 37.8 Å². The first-order valence-corrected chi connectivity index (χ1v) is 8.23. The lowest BCUT2D eigenvalue weighted by molar-refractivity contribution is -0.130. The van der Waals surface area contributed by atoms with E-state index in [0.717, 1.165) is 0 Å². The lowest BCUT2D eigenvalue weighted by Gasteiger charge is -2.11. The topological polar surface area (TPSA) is 72.5 Å². The first-order valence-electron chi connectivity index (χ1n) is 6.75. The Morgan fingerprint density at radius 3 is 2.59 bits per heavy atom. The smallest absolute Gasteiger partial charge is 0.338 e. The van der Waals surface area contributed by atoms with Crippen LogP contribution in [0.2, 0.25) is 0 Å². The van der Waals surface area contributed by atoms with Crippen LogP contribution in [-0.4, -0.2) is 20.9 Å². The monoisotopic (exact) mass is 319 g/mol. The number of carbonyl (C=O) groups is 1. The summed E-state index contributed by atoms with van der Waals surface area (Å²) in [5, 5.41) is 1.33. The minimum atomic E-state index is -3.64. The largest absolute Gasteiger partial charge is 0.422 e. The van der Waals surface area contributed by atoms with Crippen LogP contribution >= 0.6 is 0 Å². The van der Waals surface area contributed by atoms with Crippen molar-refractivity contribution in [3.05, 3.63) is 48.6 Å². The quantitative estimate of drug-likeness (QED) is 0.522. The Morgan fingerprint density at radius 2 is 1.95 bits per heavy atom. The predicted octanol–water partition coefficient (Wildman–Crippen LogP) is 2.62. The Balaban J connectivity index is 2.63. The molecule has 0 amide bonds. The summed E-state index contributed by atoms with van der Waals surface area (Å²) in [6, 6.07) is 10.0. The van der Waals surface area contributed by atoms with Crippen LogP contribution in [-0.2, 0) is 14.8 Å². The van der Waals surface area contributed by atoms with Gasteiger partial charge in [-0.25, -0.2) is 17.9 Å². The first-order chi connectivity index (χ1) is 10.3. The summed E-state index contributed by atoms with van der Waals surface area (Å²) < 4.78 is 32.0. The second-order valence-electron chi connectivity index (χ2n) is 4.81. The van der Waals surface area contributed by atoms with Crippen molar-refractivity contribution >= 4 is 26.8 Å². The Kier molecular flexibility index (Phi) is 4.63. The van der Waals surface area contributed by atoms with Gasteiger partial charge in [-0.05, 0) is 18.4 Å². The van der Waals surface area contributed by atoms with Gasteiger partial charge in [0, 0.05) is 23.6 Å². The number of nitrogens with one attached hydrogen (secondary N) is 1. The van der Waals surface area contributed by atoms with E-state index < -0.39 is 16.0 Å². The summed E-state index contributed by atoms with van der Waals surface area (Å²) >= 11 is 0. The molecule has 2 aromatic rings. The highest BCUT2D eigenvalue weighted by atomic mass is 32.2. The fourth-order valence-corrected chi connectivity index (χ4v) is 3.04. The summed E-state index contributed by atoms with van der Waals surface area (Å²) in [5.74, 6) is -0.397. The summed E-state index contributed by atoms with van der Waals surface area (Å²) in [7, 11) is -3.64. The Morgan fingerprint density at radius 1 is 1.27 bits per heavy atom. The van der Waals surface area contributed by atoms with Crippen molar-refractivity contribution in [2.75, 3.05) is 6.54 Å². The third kappa shape index (κ3) is 3.35. The second-order valence-corrected chi connectivity index (χ2v) is 6.58. The molecule has 0 radical (unpaired) electrons. The molecule has 0 aliphatic rings. The van der Waals surface area contributed by atoms with Gasteiger partial charge in [0.25, 0.3) is 0 Å². The minimum Gasteiger partial charge on any atom is -0.422 e. The molecule has 0 aliphatic carbocycles. The van der Waals surface area contributed by atoms with Gasteiger partial charge in [-0.3, -0.25) is 0 Å². The molecule has 0 saturated heterocycles. The third-order valence-electron chi connectivity index (χ3n) is 2.99. The number of esters is 1. The van der Waals surface area contributed by atoms with Crippen molar-refractivity contribution in [1.29, 1.82) is 0 Å². The lowest BCUT2D eigenvalue weighted by atomic mass is 10.1. The van der Waals surface area contributed by atoms with Crippen molar-refractivity contribution in [3.8, 4) is 5.75 Å². The van der Waals surface area contributed by atoms with Crippen LogP contribution in [0.4, 0.5) is 0 Å². The molecular weight excluding hydrogens is 302 g/mol. The number of carbonyl (C=O) groups excluding carboxylic acids is 1. The molecule has 0 atom stereocenters. The first kappa shape index (κ1) is 16.2. The molecule has 0 aliphatic heterocycles. The van der Waals surface area contributed by atoms with Crippen LogP contribution in [0, 0.1) is 0 Å².